The highest BCUT2D eigenvalue weighted by Crippen LogP contribution is 2.36. The minimum atomic E-state index is -0.761. The normalized spacial score (nSPS) is 12.1. The average Bonchev–Trinajstić information content (AvgIpc) is 2.47. The Labute approximate surface area is 147 Å². The SMILES string of the molecule is CCC(C)(CC)/C(=C\NI)N(CCCCCC(=O)O)C(=N)N. The molecule has 0 rings (SSSR count). The van der Waals surface area contributed by atoms with Crippen molar-refractivity contribution in [2.75, 3.05) is 6.54 Å². The summed E-state index contributed by atoms with van der Waals surface area (Å²) in [6.45, 7) is 7.08. The van der Waals surface area contributed by atoms with E-state index in [4.69, 9.17) is 16.2 Å². The number of nitrogens with one attached hydrogen (secondary N) is 2. The van der Waals surface area contributed by atoms with Crippen LogP contribution < -0.4 is 9.26 Å². The molecule has 0 amide bonds. The Bertz CT molecular complexity index is 395. The molecule has 0 aromatic rings. The van der Waals surface area contributed by atoms with Crippen LogP contribution >= 0.6 is 22.9 Å². The van der Waals surface area contributed by atoms with Crippen LogP contribution in [0.3, 0.4) is 0 Å². The van der Waals surface area contributed by atoms with Gasteiger partial charge in [0.15, 0.2) is 5.96 Å². The molecule has 0 saturated heterocycles. The highest BCUT2D eigenvalue weighted by atomic mass is 127. The van der Waals surface area contributed by atoms with Gasteiger partial charge in [-0.25, -0.2) is 0 Å². The molecule has 7 heteroatoms. The van der Waals surface area contributed by atoms with Gasteiger partial charge in [0.25, 0.3) is 0 Å². The van der Waals surface area contributed by atoms with Gasteiger partial charge in [0.2, 0.25) is 0 Å². The molecule has 6 nitrogen and oxygen atoms in total. The molecule has 0 saturated carbocycles. The number of carboxylic acid groups (broad SMARTS) is 1. The average molecular weight is 424 g/mol. The Morgan fingerprint density at radius 3 is 2.36 bits per heavy atom. The third kappa shape index (κ3) is 6.85. The van der Waals surface area contributed by atoms with Gasteiger partial charge in [0, 0.05) is 30.3 Å². The van der Waals surface area contributed by atoms with Gasteiger partial charge in [-0.2, -0.15) is 0 Å². The summed E-state index contributed by atoms with van der Waals surface area (Å²) >= 11 is 2.06. The van der Waals surface area contributed by atoms with Gasteiger partial charge in [-0.3, -0.25) is 10.2 Å². The molecule has 0 unspecified atom stereocenters. The molecule has 128 valence electrons. The molecule has 0 aromatic carbocycles. The smallest absolute Gasteiger partial charge is 0.303 e. The number of unbranched alkanes of at least 4 members (excludes halogenated alkanes) is 2. The monoisotopic (exact) mass is 424 g/mol. The summed E-state index contributed by atoms with van der Waals surface area (Å²) in [5, 5.41) is 16.5. The van der Waals surface area contributed by atoms with Crippen LogP contribution in [-0.2, 0) is 4.79 Å². The van der Waals surface area contributed by atoms with Crippen molar-refractivity contribution in [3.05, 3.63) is 11.9 Å². The summed E-state index contributed by atoms with van der Waals surface area (Å²) in [5.74, 6) is -0.730. The summed E-state index contributed by atoms with van der Waals surface area (Å²) in [6.07, 6.45) is 6.30. The number of nitrogens with two attached hydrogens (primary N) is 1. The van der Waals surface area contributed by atoms with E-state index in [0.717, 1.165) is 31.4 Å². The first-order valence-corrected chi connectivity index (χ1v) is 8.80. The first-order chi connectivity index (χ1) is 10.3. The molecule has 0 aliphatic heterocycles. The minimum absolute atomic E-state index is 0.0317. The lowest BCUT2D eigenvalue weighted by atomic mass is 9.80. The fourth-order valence-electron chi connectivity index (χ4n) is 2.34. The molecule has 0 aliphatic carbocycles. The largest absolute Gasteiger partial charge is 0.481 e. The second-order valence-corrected chi connectivity index (χ2v) is 6.27. The van der Waals surface area contributed by atoms with E-state index in [-0.39, 0.29) is 17.8 Å². The Kier molecular flexibility index (Phi) is 10.2. The van der Waals surface area contributed by atoms with Crippen LogP contribution in [0.15, 0.2) is 11.9 Å². The standard InChI is InChI=1S/C15H29IN4O2/c1-4-15(3,5-2)12(11-19-16)20(14(17)18)10-8-6-7-9-13(21)22/h11,19H,4-10H2,1-3H3,(H3,17,18)(H,21,22)/b12-11+. The van der Waals surface area contributed by atoms with Gasteiger partial charge in [-0.05, 0) is 25.7 Å². The summed E-state index contributed by atoms with van der Waals surface area (Å²) in [7, 11) is 0. The maximum atomic E-state index is 10.5. The Balaban J connectivity index is 4.91. The van der Waals surface area contributed by atoms with Crippen LogP contribution in [0.1, 0.15) is 59.3 Å². The third-order valence-corrected chi connectivity index (χ3v) is 4.54. The van der Waals surface area contributed by atoms with Crippen LogP contribution in [0, 0.1) is 10.8 Å². The van der Waals surface area contributed by atoms with E-state index in [2.05, 4.69) is 47.2 Å². The van der Waals surface area contributed by atoms with Crippen LogP contribution in [0.5, 0.6) is 0 Å². The van der Waals surface area contributed by atoms with Crippen LogP contribution in [0.2, 0.25) is 0 Å². The molecule has 22 heavy (non-hydrogen) atoms. The van der Waals surface area contributed by atoms with Crippen molar-refractivity contribution >= 4 is 34.8 Å². The number of allylic oxidation sites excluding steroid dienone is 1. The fourth-order valence-corrected chi connectivity index (χ4v) is 2.63. The molecule has 0 bridgehead atoms. The van der Waals surface area contributed by atoms with Crippen molar-refractivity contribution in [1.29, 1.82) is 5.41 Å². The molecular weight excluding hydrogens is 395 g/mol. The quantitative estimate of drug-likeness (QED) is 0.134. The van der Waals surface area contributed by atoms with Gasteiger partial charge < -0.3 is 19.3 Å². The molecule has 5 N–H and O–H groups in total. The van der Waals surface area contributed by atoms with E-state index < -0.39 is 5.97 Å². The van der Waals surface area contributed by atoms with Gasteiger partial charge in [0.1, 0.15) is 0 Å². The molecule has 0 spiro atoms. The van der Waals surface area contributed by atoms with E-state index in [1.165, 1.54) is 0 Å². The van der Waals surface area contributed by atoms with Crippen molar-refractivity contribution in [2.24, 2.45) is 11.1 Å². The zero-order valence-electron chi connectivity index (χ0n) is 13.8. The zero-order valence-corrected chi connectivity index (χ0v) is 15.9. The summed E-state index contributed by atoms with van der Waals surface area (Å²) in [5.41, 5.74) is 6.74. The predicted octanol–water partition coefficient (Wildman–Crippen LogP) is 3.43. The van der Waals surface area contributed by atoms with Crippen LogP contribution in [-0.4, -0.2) is 28.5 Å². The topological polar surface area (TPSA) is 102 Å². The van der Waals surface area contributed by atoms with E-state index in [0.29, 0.717) is 13.0 Å². The van der Waals surface area contributed by atoms with Crippen molar-refractivity contribution in [1.82, 2.24) is 8.43 Å². The summed E-state index contributed by atoms with van der Waals surface area (Å²) < 4.78 is 3.03. The van der Waals surface area contributed by atoms with Gasteiger partial charge in [-0.15, -0.1) is 0 Å². The summed E-state index contributed by atoms with van der Waals surface area (Å²) in [6, 6.07) is 0. The van der Waals surface area contributed by atoms with Crippen molar-refractivity contribution in [3.63, 3.8) is 0 Å². The highest BCUT2D eigenvalue weighted by Gasteiger charge is 2.30. The maximum absolute atomic E-state index is 10.5. The molecule has 0 atom stereocenters. The number of guanidine groups is 1. The second-order valence-electron chi connectivity index (χ2n) is 5.65. The Hall–Kier alpha value is -0.990. The number of carbonyl (C=O) groups is 1. The molecule has 0 aliphatic rings. The number of rotatable bonds is 11. The Morgan fingerprint density at radius 1 is 1.36 bits per heavy atom. The fraction of sp³-hybridized carbons (Fsp3) is 0.733. The lowest BCUT2D eigenvalue weighted by molar-refractivity contribution is -0.137. The van der Waals surface area contributed by atoms with Gasteiger partial charge in [-0.1, -0.05) is 27.2 Å². The number of aliphatic carboxylic acids is 1. The van der Waals surface area contributed by atoms with Crippen molar-refractivity contribution in [3.8, 4) is 0 Å². The van der Waals surface area contributed by atoms with Crippen LogP contribution in [0.4, 0.5) is 0 Å². The summed E-state index contributed by atoms with van der Waals surface area (Å²) in [4.78, 5) is 12.4. The number of carboxylic acids is 1. The minimum Gasteiger partial charge on any atom is -0.481 e. The van der Waals surface area contributed by atoms with E-state index >= 15 is 0 Å². The second kappa shape index (κ2) is 10.7. The lowest BCUT2D eigenvalue weighted by Crippen LogP contribution is -2.42. The molecule has 0 aromatic heterocycles. The van der Waals surface area contributed by atoms with E-state index in [9.17, 15) is 4.79 Å². The van der Waals surface area contributed by atoms with Crippen molar-refractivity contribution < 1.29 is 9.90 Å². The number of hydrogen-bond acceptors (Lipinski definition) is 3. The number of halogens is 1. The third-order valence-electron chi connectivity index (χ3n) is 4.22. The van der Waals surface area contributed by atoms with Gasteiger partial charge >= 0.3 is 5.97 Å². The van der Waals surface area contributed by atoms with Crippen molar-refractivity contribution in [2.45, 2.75) is 59.3 Å². The molecule has 0 heterocycles. The first-order valence-electron chi connectivity index (χ1n) is 7.72. The number of hydrogen-bond donors (Lipinski definition) is 4. The Morgan fingerprint density at radius 2 is 1.95 bits per heavy atom. The highest BCUT2D eigenvalue weighted by molar-refractivity contribution is 14.1. The zero-order chi connectivity index (χ0) is 17.2. The first kappa shape index (κ1) is 21.0. The van der Waals surface area contributed by atoms with Crippen LogP contribution in [0.25, 0.3) is 0 Å². The van der Waals surface area contributed by atoms with E-state index in [1.807, 2.05) is 11.1 Å². The number of nitrogens with zero attached hydrogens (tertiary/aromatic N) is 1. The van der Waals surface area contributed by atoms with Gasteiger partial charge in [0.05, 0.1) is 22.9 Å². The maximum Gasteiger partial charge on any atom is 0.303 e. The molecule has 0 radical (unpaired) electrons. The predicted molar refractivity (Wildman–Crippen MR) is 98.7 cm³/mol. The van der Waals surface area contributed by atoms with E-state index in [1.54, 1.807) is 0 Å². The molecular formula is C15H29IN4O2. The molecule has 0 fully saturated rings. The lowest BCUT2D eigenvalue weighted by Gasteiger charge is -2.37.